The highest BCUT2D eigenvalue weighted by molar-refractivity contribution is 7.09. The Bertz CT molecular complexity index is 1210. The standard InChI is InChI=1S/C24H23F3N4O3S/c25-14-9-10-17(16(27)11-14)30-24(33)31-19-7-3-2-6-18(19)29-23(32)20-13-35-22(28-20)12-34-21-8-4-1-5-15(21)26/h1,4-5,8-11,13,18-19H,2-3,6-7,12H2,(H,29,32)(H2,30,31,33)/t18-,19-/m0/s1. The predicted octanol–water partition coefficient (Wildman–Crippen LogP) is 5.00. The lowest BCUT2D eigenvalue weighted by Gasteiger charge is -2.32. The van der Waals surface area contributed by atoms with Crippen LogP contribution in [0.3, 0.4) is 0 Å². The summed E-state index contributed by atoms with van der Waals surface area (Å²) in [5, 5.41) is 10.1. The minimum absolute atomic E-state index is 0.0204. The van der Waals surface area contributed by atoms with Gasteiger partial charge in [-0.2, -0.15) is 0 Å². The first-order chi connectivity index (χ1) is 16.9. The Balaban J connectivity index is 1.32. The zero-order valence-electron chi connectivity index (χ0n) is 18.5. The van der Waals surface area contributed by atoms with E-state index in [2.05, 4.69) is 20.9 Å². The molecule has 0 bridgehead atoms. The van der Waals surface area contributed by atoms with Crippen LogP contribution < -0.4 is 20.7 Å². The normalized spacial score (nSPS) is 17.5. The van der Waals surface area contributed by atoms with Crippen molar-refractivity contribution < 1.29 is 27.5 Å². The van der Waals surface area contributed by atoms with Crippen molar-refractivity contribution in [2.24, 2.45) is 0 Å². The number of aromatic nitrogens is 1. The number of carbonyl (C=O) groups is 2. The number of ether oxygens (including phenoxy) is 1. The molecular formula is C24H23F3N4O3S. The lowest BCUT2D eigenvalue weighted by molar-refractivity contribution is 0.0911. The van der Waals surface area contributed by atoms with Gasteiger partial charge in [0.1, 0.15) is 28.9 Å². The number of carbonyl (C=O) groups excluding carboxylic acids is 2. The van der Waals surface area contributed by atoms with Gasteiger partial charge in [-0.1, -0.05) is 25.0 Å². The Kier molecular flexibility index (Phi) is 7.86. The van der Waals surface area contributed by atoms with Gasteiger partial charge in [0.2, 0.25) is 0 Å². The van der Waals surface area contributed by atoms with Crippen LogP contribution in [0.2, 0.25) is 0 Å². The molecule has 3 amide bonds. The molecule has 1 aromatic heterocycles. The maximum absolute atomic E-state index is 13.8. The number of anilines is 1. The quantitative estimate of drug-likeness (QED) is 0.422. The average Bonchev–Trinajstić information content (AvgIpc) is 3.31. The second kappa shape index (κ2) is 11.2. The van der Waals surface area contributed by atoms with Crippen molar-refractivity contribution in [3.8, 4) is 5.75 Å². The van der Waals surface area contributed by atoms with Crippen LogP contribution in [0, 0.1) is 17.5 Å². The molecule has 0 aliphatic heterocycles. The van der Waals surface area contributed by atoms with Gasteiger partial charge < -0.3 is 20.7 Å². The lowest BCUT2D eigenvalue weighted by atomic mass is 9.90. The molecule has 1 saturated carbocycles. The average molecular weight is 505 g/mol. The van der Waals surface area contributed by atoms with E-state index < -0.39 is 29.4 Å². The number of halogens is 3. The first-order valence-corrected chi connectivity index (χ1v) is 11.9. The molecule has 0 spiro atoms. The highest BCUT2D eigenvalue weighted by atomic mass is 32.1. The number of hydrogen-bond donors (Lipinski definition) is 3. The monoisotopic (exact) mass is 504 g/mol. The van der Waals surface area contributed by atoms with E-state index in [0.717, 1.165) is 25.0 Å². The van der Waals surface area contributed by atoms with Crippen molar-refractivity contribution in [1.29, 1.82) is 0 Å². The first kappa shape index (κ1) is 24.5. The minimum atomic E-state index is -0.882. The number of benzene rings is 2. The summed E-state index contributed by atoms with van der Waals surface area (Å²) in [6.45, 7) is 0.0204. The third-order valence-electron chi connectivity index (χ3n) is 5.55. The van der Waals surface area contributed by atoms with Crippen molar-refractivity contribution in [2.45, 2.75) is 44.4 Å². The van der Waals surface area contributed by atoms with Crippen LogP contribution >= 0.6 is 11.3 Å². The molecule has 0 saturated heterocycles. The topological polar surface area (TPSA) is 92.4 Å². The molecule has 4 rings (SSSR count). The summed E-state index contributed by atoms with van der Waals surface area (Å²) in [5.74, 6) is -2.41. The zero-order chi connectivity index (χ0) is 24.8. The molecule has 3 aromatic rings. The van der Waals surface area contributed by atoms with Gasteiger partial charge in [0, 0.05) is 17.5 Å². The van der Waals surface area contributed by atoms with Crippen LogP contribution in [0.25, 0.3) is 0 Å². The van der Waals surface area contributed by atoms with Crippen LogP contribution in [-0.4, -0.2) is 29.0 Å². The fraction of sp³-hybridized carbons (Fsp3) is 0.292. The number of para-hydroxylation sites is 1. The summed E-state index contributed by atoms with van der Waals surface area (Å²) in [7, 11) is 0. The molecule has 3 N–H and O–H groups in total. The summed E-state index contributed by atoms with van der Waals surface area (Å²) >= 11 is 1.22. The number of nitrogens with zero attached hydrogens (tertiary/aromatic N) is 1. The van der Waals surface area contributed by atoms with Crippen molar-refractivity contribution >= 4 is 29.0 Å². The SMILES string of the molecule is O=C(Nc1ccc(F)cc1F)N[C@H]1CCCC[C@@H]1NC(=O)c1csc(COc2ccccc2F)n1. The Morgan fingerprint density at radius 2 is 1.74 bits per heavy atom. The molecule has 2 aromatic carbocycles. The molecular weight excluding hydrogens is 481 g/mol. The van der Waals surface area contributed by atoms with Gasteiger partial charge in [-0.25, -0.2) is 22.9 Å². The minimum Gasteiger partial charge on any atom is -0.483 e. The zero-order valence-corrected chi connectivity index (χ0v) is 19.3. The summed E-state index contributed by atoms with van der Waals surface area (Å²) in [5.41, 5.74) is 0.0530. The maximum atomic E-state index is 13.8. The van der Waals surface area contributed by atoms with Crippen molar-refractivity contribution in [1.82, 2.24) is 15.6 Å². The molecule has 1 fully saturated rings. The van der Waals surface area contributed by atoms with E-state index in [1.165, 1.54) is 23.5 Å². The number of urea groups is 1. The molecule has 35 heavy (non-hydrogen) atoms. The molecule has 0 radical (unpaired) electrons. The molecule has 1 heterocycles. The number of nitrogens with one attached hydrogen (secondary N) is 3. The van der Waals surface area contributed by atoms with Gasteiger partial charge in [0.15, 0.2) is 11.6 Å². The van der Waals surface area contributed by atoms with E-state index in [9.17, 15) is 22.8 Å². The summed E-state index contributed by atoms with van der Waals surface area (Å²) in [6.07, 6.45) is 3.00. The van der Waals surface area contributed by atoms with Gasteiger partial charge in [0.25, 0.3) is 5.91 Å². The second-order valence-corrected chi connectivity index (χ2v) is 8.98. The van der Waals surface area contributed by atoms with Crippen LogP contribution in [0.15, 0.2) is 47.8 Å². The van der Waals surface area contributed by atoms with Crippen LogP contribution in [0.5, 0.6) is 5.75 Å². The first-order valence-electron chi connectivity index (χ1n) is 11.0. The Hall–Kier alpha value is -3.60. The summed E-state index contributed by atoms with van der Waals surface area (Å²) in [4.78, 5) is 29.4. The Morgan fingerprint density at radius 3 is 2.49 bits per heavy atom. The van der Waals surface area contributed by atoms with Gasteiger partial charge in [-0.3, -0.25) is 4.79 Å². The van der Waals surface area contributed by atoms with Gasteiger partial charge in [-0.15, -0.1) is 11.3 Å². The van der Waals surface area contributed by atoms with E-state index >= 15 is 0 Å². The van der Waals surface area contributed by atoms with E-state index in [1.54, 1.807) is 17.5 Å². The second-order valence-electron chi connectivity index (χ2n) is 8.04. The summed E-state index contributed by atoms with van der Waals surface area (Å²) in [6, 6.07) is 7.51. The highest BCUT2D eigenvalue weighted by Crippen LogP contribution is 2.22. The molecule has 184 valence electrons. The smallest absolute Gasteiger partial charge is 0.319 e. The Labute approximate surface area is 203 Å². The maximum Gasteiger partial charge on any atom is 0.319 e. The fourth-order valence-corrected chi connectivity index (χ4v) is 4.50. The number of amides is 3. The third kappa shape index (κ3) is 6.50. The van der Waals surface area contributed by atoms with Crippen LogP contribution in [0.4, 0.5) is 23.7 Å². The molecule has 2 atom stereocenters. The fourth-order valence-electron chi connectivity index (χ4n) is 3.82. The number of hydrogen-bond acceptors (Lipinski definition) is 5. The van der Waals surface area contributed by atoms with Crippen molar-refractivity contribution in [3.63, 3.8) is 0 Å². The lowest BCUT2D eigenvalue weighted by Crippen LogP contribution is -2.54. The summed E-state index contributed by atoms with van der Waals surface area (Å²) < 4.78 is 46.0. The number of thiazole rings is 1. The number of rotatable bonds is 7. The van der Waals surface area contributed by atoms with Crippen molar-refractivity contribution in [2.75, 3.05) is 5.32 Å². The third-order valence-corrected chi connectivity index (χ3v) is 6.37. The molecule has 1 aliphatic rings. The van der Waals surface area contributed by atoms with Gasteiger partial charge in [0.05, 0.1) is 11.7 Å². The largest absolute Gasteiger partial charge is 0.483 e. The molecule has 0 unspecified atom stereocenters. The van der Waals surface area contributed by atoms with E-state index in [4.69, 9.17) is 4.74 Å². The van der Waals surface area contributed by atoms with Crippen molar-refractivity contribution in [3.05, 3.63) is 76.0 Å². The molecule has 7 nitrogen and oxygen atoms in total. The van der Waals surface area contributed by atoms with E-state index in [-0.39, 0.29) is 35.8 Å². The van der Waals surface area contributed by atoms with Crippen LogP contribution in [-0.2, 0) is 6.61 Å². The predicted molar refractivity (Wildman–Crippen MR) is 125 cm³/mol. The van der Waals surface area contributed by atoms with Gasteiger partial charge in [-0.05, 0) is 37.1 Å². The molecule has 1 aliphatic carbocycles. The van der Waals surface area contributed by atoms with Gasteiger partial charge >= 0.3 is 6.03 Å². The molecule has 11 heteroatoms. The Morgan fingerprint density at radius 1 is 1.00 bits per heavy atom. The van der Waals surface area contributed by atoms with Crippen LogP contribution in [0.1, 0.15) is 41.2 Å². The van der Waals surface area contributed by atoms with E-state index in [1.807, 2.05) is 0 Å². The highest BCUT2D eigenvalue weighted by Gasteiger charge is 2.29. The van der Waals surface area contributed by atoms with E-state index in [0.29, 0.717) is 23.9 Å².